The van der Waals surface area contributed by atoms with Crippen molar-refractivity contribution in [3.05, 3.63) is 36.0 Å². The van der Waals surface area contributed by atoms with Crippen LogP contribution in [0.3, 0.4) is 0 Å². The molecule has 3 aromatic rings. The Bertz CT molecular complexity index is 669. The SMILES string of the molecule is Cc1nc(-n2ccc(CO)c2)c2cn[nH]c2n1. The quantitative estimate of drug-likeness (QED) is 0.685. The number of hydrogen-bond acceptors (Lipinski definition) is 4. The largest absolute Gasteiger partial charge is 0.392 e. The van der Waals surface area contributed by atoms with Crippen molar-refractivity contribution < 1.29 is 5.11 Å². The van der Waals surface area contributed by atoms with Crippen LogP contribution >= 0.6 is 0 Å². The highest BCUT2D eigenvalue weighted by molar-refractivity contribution is 5.81. The molecule has 0 unspecified atom stereocenters. The van der Waals surface area contributed by atoms with Gasteiger partial charge in [0.1, 0.15) is 5.82 Å². The zero-order valence-electron chi connectivity index (χ0n) is 9.25. The predicted octanol–water partition coefficient (Wildman–Crippen LogP) is 0.944. The van der Waals surface area contributed by atoms with Crippen LogP contribution in [0.1, 0.15) is 11.4 Å². The first-order chi connectivity index (χ1) is 8.28. The average molecular weight is 229 g/mol. The van der Waals surface area contributed by atoms with Gasteiger partial charge in [0, 0.05) is 12.4 Å². The molecule has 0 bridgehead atoms. The Balaban J connectivity index is 2.24. The molecule has 3 aromatic heterocycles. The Morgan fingerprint density at radius 1 is 1.41 bits per heavy atom. The molecule has 0 saturated carbocycles. The van der Waals surface area contributed by atoms with E-state index in [0.717, 1.165) is 16.8 Å². The lowest BCUT2D eigenvalue weighted by atomic mass is 10.3. The smallest absolute Gasteiger partial charge is 0.161 e. The maximum Gasteiger partial charge on any atom is 0.161 e. The average Bonchev–Trinajstić information content (AvgIpc) is 2.95. The molecule has 6 nitrogen and oxygen atoms in total. The fourth-order valence-corrected chi connectivity index (χ4v) is 1.79. The number of aryl methyl sites for hydroxylation is 1. The minimum Gasteiger partial charge on any atom is -0.392 e. The molecule has 0 aliphatic rings. The standard InChI is InChI=1S/C11H11N5O/c1-7-13-10-9(4-12-15-10)11(14-7)16-3-2-8(5-16)6-17/h2-5,17H,6H2,1H3,(H,12,13,14,15). The maximum atomic E-state index is 9.06. The van der Waals surface area contributed by atoms with Crippen LogP contribution in [0.5, 0.6) is 0 Å². The lowest BCUT2D eigenvalue weighted by molar-refractivity contribution is 0.282. The summed E-state index contributed by atoms with van der Waals surface area (Å²) in [5.74, 6) is 1.44. The third kappa shape index (κ3) is 1.58. The molecule has 0 radical (unpaired) electrons. The number of aliphatic hydroxyl groups is 1. The summed E-state index contributed by atoms with van der Waals surface area (Å²) < 4.78 is 1.86. The van der Waals surface area contributed by atoms with E-state index >= 15 is 0 Å². The van der Waals surface area contributed by atoms with Crippen molar-refractivity contribution in [2.24, 2.45) is 0 Å². The van der Waals surface area contributed by atoms with Gasteiger partial charge in [0.25, 0.3) is 0 Å². The lowest BCUT2D eigenvalue weighted by Crippen LogP contribution is -1.99. The minimum absolute atomic E-state index is 0.0194. The summed E-state index contributed by atoms with van der Waals surface area (Å²) in [6.07, 6.45) is 5.40. The second kappa shape index (κ2) is 3.67. The summed E-state index contributed by atoms with van der Waals surface area (Å²) in [6, 6.07) is 1.85. The van der Waals surface area contributed by atoms with Crippen molar-refractivity contribution in [2.75, 3.05) is 0 Å². The number of nitrogens with one attached hydrogen (secondary N) is 1. The van der Waals surface area contributed by atoms with Gasteiger partial charge in [-0.3, -0.25) is 5.10 Å². The van der Waals surface area contributed by atoms with Gasteiger partial charge in [-0.2, -0.15) is 5.10 Å². The first-order valence-corrected chi connectivity index (χ1v) is 5.24. The monoisotopic (exact) mass is 229 g/mol. The zero-order valence-corrected chi connectivity index (χ0v) is 9.25. The molecule has 0 amide bonds. The molecule has 2 N–H and O–H groups in total. The summed E-state index contributed by atoms with van der Waals surface area (Å²) in [7, 11) is 0. The zero-order chi connectivity index (χ0) is 11.8. The lowest BCUT2D eigenvalue weighted by Gasteiger charge is -2.03. The van der Waals surface area contributed by atoms with Crippen LogP contribution in [0, 0.1) is 6.92 Å². The van der Waals surface area contributed by atoms with Crippen molar-refractivity contribution in [2.45, 2.75) is 13.5 Å². The molecule has 0 aliphatic heterocycles. The highest BCUT2D eigenvalue weighted by atomic mass is 16.3. The number of hydrogen-bond donors (Lipinski definition) is 2. The fourth-order valence-electron chi connectivity index (χ4n) is 1.79. The molecule has 0 atom stereocenters. The van der Waals surface area contributed by atoms with Gasteiger partial charge in [0.15, 0.2) is 11.5 Å². The predicted molar refractivity (Wildman–Crippen MR) is 61.7 cm³/mol. The third-order valence-electron chi connectivity index (χ3n) is 2.58. The van der Waals surface area contributed by atoms with Crippen molar-refractivity contribution in [1.29, 1.82) is 0 Å². The van der Waals surface area contributed by atoms with Crippen molar-refractivity contribution in [1.82, 2.24) is 24.7 Å². The van der Waals surface area contributed by atoms with Crippen molar-refractivity contribution >= 4 is 11.0 Å². The second-order valence-electron chi connectivity index (χ2n) is 3.81. The number of H-pyrrole nitrogens is 1. The van der Waals surface area contributed by atoms with Gasteiger partial charge in [0.05, 0.1) is 18.2 Å². The Morgan fingerprint density at radius 3 is 3.06 bits per heavy atom. The molecule has 0 fully saturated rings. The first-order valence-electron chi connectivity index (χ1n) is 5.24. The highest BCUT2D eigenvalue weighted by Gasteiger charge is 2.09. The van der Waals surface area contributed by atoms with E-state index in [1.54, 1.807) is 6.20 Å². The van der Waals surface area contributed by atoms with E-state index in [4.69, 9.17) is 5.11 Å². The van der Waals surface area contributed by atoms with Gasteiger partial charge >= 0.3 is 0 Å². The van der Waals surface area contributed by atoms with E-state index in [1.165, 1.54) is 0 Å². The molecule has 3 rings (SSSR count). The maximum absolute atomic E-state index is 9.06. The first kappa shape index (κ1) is 9.98. The van der Waals surface area contributed by atoms with Gasteiger partial charge in [-0.15, -0.1) is 0 Å². The van der Waals surface area contributed by atoms with Gasteiger partial charge in [0.2, 0.25) is 0 Å². The molecule has 0 aromatic carbocycles. The number of fused-ring (bicyclic) bond motifs is 1. The van der Waals surface area contributed by atoms with Crippen molar-refractivity contribution in [3.63, 3.8) is 0 Å². The summed E-state index contributed by atoms with van der Waals surface area (Å²) in [5, 5.41) is 16.7. The molecular formula is C11H11N5O. The Labute approximate surface area is 96.9 Å². The highest BCUT2D eigenvalue weighted by Crippen LogP contribution is 2.18. The van der Waals surface area contributed by atoms with Crippen LogP contribution in [0.15, 0.2) is 24.7 Å². The van der Waals surface area contributed by atoms with E-state index in [1.807, 2.05) is 30.0 Å². The van der Waals surface area contributed by atoms with Crippen LogP contribution < -0.4 is 0 Å². The Morgan fingerprint density at radius 2 is 2.29 bits per heavy atom. The molecule has 3 heterocycles. The van der Waals surface area contributed by atoms with Gasteiger partial charge < -0.3 is 9.67 Å². The molecule has 0 aliphatic carbocycles. The minimum atomic E-state index is 0.0194. The molecular weight excluding hydrogens is 218 g/mol. The topological polar surface area (TPSA) is 79.6 Å². The number of aromatic amines is 1. The van der Waals surface area contributed by atoms with Crippen LogP contribution in [-0.4, -0.2) is 29.8 Å². The molecule has 17 heavy (non-hydrogen) atoms. The number of nitrogens with zero attached hydrogens (tertiary/aromatic N) is 4. The number of aliphatic hydroxyl groups excluding tert-OH is 1. The third-order valence-corrected chi connectivity index (χ3v) is 2.58. The van der Waals surface area contributed by atoms with E-state index < -0.39 is 0 Å². The second-order valence-corrected chi connectivity index (χ2v) is 3.81. The van der Waals surface area contributed by atoms with Crippen LogP contribution in [-0.2, 0) is 6.61 Å². The summed E-state index contributed by atoms with van der Waals surface area (Å²) in [6.45, 7) is 1.85. The Hall–Kier alpha value is -2.21. The summed E-state index contributed by atoms with van der Waals surface area (Å²) in [5.41, 5.74) is 1.56. The Kier molecular flexibility index (Phi) is 2.15. The molecule has 0 saturated heterocycles. The van der Waals surface area contributed by atoms with Crippen LogP contribution in [0.25, 0.3) is 16.9 Å². The number of rotatable bonds is 2. The summed E-state index contributed by atoms with van der Waals surface area (Å²) >= 11 is 0. The summed E-state index contributed by atoms with van der Waals surface area (Å²) in [4.78, 5) is 8.66. The number of aromatic nitrogens is 5. The van der Waals surface area contributed by atoms with E-state index in [2.05, 4.69) is 20.2 Å². The van der Waals surface area contributed by atoms with E-state index in [9.17, 15) is 0 Å². The van der Waals surface area contributed by atoms with Crippen molar-refractivity contribution in [3.8, 4) is 5.82 Å². The van der Waals surface area contributed by atoms with Gasteiger partial charge in [-0.25, -0.2) is 9.97 Å². The normalized spacial score (nSPS) is 11.2. The molecule has 86 valence electrons. The van der Waals surface area contributed by atoms with Crippen LogP contribution in [0.4, 0.5) is 0 Å². The van der Waals surface area contributed by atoms with Gasteiger partial charge in [-0.1, -0.05) is 0 Å². The van der Waals surface area contributed by atoms with E-state index in [-0.39, 0.29) is 6.61 Å². The van der Waals surface area contributed by atoms with Gasteiger partial charge in [-0.05, 0) is 18.6 Å². The molecule has 0 spiro atoms. The fraction of sp³-hybridized carbons (Fsp3) is 0.182. The van der Waals surface area contributed by atoms with Crippen LogP contribution in [0.2, 0.25) is 0 Å². The van der Waals surface area contributed by atoms with E-state index in [0.29, 0.717) is 11.5 Å². The molecule has 6 heteroatoms.